The predicted molar refractivity (Wildman–Crippen MR) is 58.3 cm³/mol. The van der Waals surface area contributed by atoms with Gasteiger partial charge in [0.05, 0.1) is 0 Å². The highest BCUT2D eigenvalue weighted by Gasteiger charge is 2.35. The number of fused-ring (bicyclic) bond motifs is 2. The molecule has 1 N–H and O–H groups in total. The summed E-state index contributed by atoms with van der Waals surface area (Å²) in [5.41, 5.74) is 1.17. The van der Waals surface area contributed by atoms with Gasteiger partial charge in [-0.05, 0) is 49.3 Å². The molecule has 2 saturated heterocycles. The van der Waals surface area contributed by atoms with Gasteiger partial charge in [-0.1, -0.05) is 12.1 Å². The fourth-order valence-electron chi connectivity index (χ4n) is 3.11. The summed E-state index contributed by atoms with van der Waals surface area (Å²) >= 11 is 0. The molecular weight excluding hydrogens is 189 g/mol. The van der Waals surface area contributed by atoms with Crippen molar-refractivity contribution in [1.82, 2.24) is 5.32 Å². The highest BCUT2D eigenvalue weighted by atomic mass is 19.1. The van der Waals surface area contributed by atoms with Crippen LogP contribution in [0.15, 0.2) is 24.3 Å². The minimum absolute atomic E-state index is 0.104. The van der Waals surface area contributed by atoms with Gasteiger partial charge >= 0.3 is 0 Å². The van der Waals surface area contributed by atoms with Crippen molar-refractivity contribution in [3.8, 4) is 0 Å². The monoisotopic (exact) mass is 205 g/mol. The molecule has 0 aliphatic carbocycles. The van der Waals surface area contributed by atoms with Crippen LogP contribution in [0.1, 0.15) is 37.2 Å². The van der Waals surface area contributed by atoms with Crippen molar-refractivity contribution in [1.29, 1.82) is 0 Å². The van der Waals surface area contributed by atoms with Gasteiger partial charge in [0.25, 0.3) is 0 Å². The summed E-state index contributed by atoms with van der Waals surface area (Å²) in [7, 11) is 0. The lowest BCUT2D eigenvalue weighted by Gasteiger charge is -2.30. The Hall–Kier alpha value is -0.890. The third-order valence-electron chi connectivity index (χ3n) is 3.86. The van der Waals surface area contributed by atoms with Crippen molar-refractivity contribution in [2.45, 2.75) is 43.7 Å². The zero-order valence-electron chi connectivity index (χ0n) is 8.75. The highest BCUT2D eigenvalue weighted by molar-refractivity contribution is 5.24. The van der Waals surface area contributed by atoms with E-state index in [4.69, 9.17) is 0 Å². The lowest BCUT2D eigenvalue weighted by atomic mass is 9.86. The normalized spacial score (nSPS) is 34.3. The number of hydrogen-bond acceptors (Lipinski definition) is 1. The maximum Gasteiger partial charge on any atom is 0.123 e. The molecule has 2 bridgehead atoms. The van der Waals surface area contributed by atoms with Gasteiger partial charge in [0, 0.05) is 12.1 Å². The summed E-state index contributed by atoms with van der Waals surface area (Å²) in [6, 6.07) is 8.44. The van der Waals surface area contributed by atoms with Gasteiger partial charge in [0.1, 0.15) is 5.82 Å². The van der Waals surface area contributed by atoms with Crippen LogP contribution in [0.3, 0.4) is 0 Å². The molecule has 0 radical (unpaired) electrons. The number of benzene rings is 1. The largest absolute Gasteiger partial charge is 0.311 e. The van der Waals surface area contributed by atoms with E-state index in [1.165, 1.54) is 37.3 Å². The number of halogens is 1. The minimum Gasteiger partial charge on any atom is -0.311 e. The van der Waals surface area contributed by atoms with Crippen molar-refractivity contribution in [3.05, 3.63) is 35.6 Å². The molecular formula is C13H16FN. The third kappa shape index (κ3) is 1.67. The Balaban J connectivity index is 1.87. The summed E-state index contributed by atoms with van der Waals surface area (Å²) in [5, 5.41) is 3.64. The average Bonchev–Trinajstić information content (AvgIpc) is 2.61. The van der Waals surface area contributed by atoms with Crippen LogP contribution >= 0.6 is 0 Å². The standard InChI is InChI=1S/C13H16FN/c14-10-3-1-2-9(8-10)12-6-4-11-5-7-13(12)15-11/h1-3,8,11-13,15H,4-7H2. The lowest BCUT2D eigenvalue weighted by Crippen LogP contribution is -2.39. The second-order valence-electron chi connectivity index (χ2n) is 4.79. The van der Waals surface area contributed by atoms with E-state index in [1.54, 1.807) is 6.07 Å². The van der Waals surface area contributed by atoms with Gasteiger partial charge in [0.2, 0.25) is 0 Å². The van der Waals surface area contributed by atoms with E-state index >= 15 is 0 Å². The van der Waals surface area contributed by atoms with Gasteiger partial charge in [-0.25, -0.2) is 4.39 Å². The quantitative estimate of drug-likeness (QED) is 0.743. The van der Waals surface area contributed by atoms with Crippen LogP contribution in [0.25, 0.3) is 0 Å². The summed E-state index contributed by atoms with van der Waals surface area (Å²) in [5.74, 6) is 0.423. The Morgan fingerprint density at radius 3 is 2.87 bits per heavy atom. The molecule has 3 rings (SSSR count). The Morgan fingerprint density at radius 1 is 1.13 bits per heavy atom. The number of nitrogens with one attached hydrogen (secondary N) is 1. The molecule has 0 spiro atoms. The van der Waals surface area contributed by atoms with Crippen molar-refractivity contribution in [2.24, 2.45) is 0 Å². The fourth-order valence-corrected chi connectivity index (χ4v) is 3.11. The zero-order chi connectivity index (χ0) is 10.3. The molecule has 2 fully saturated rings. The Morgan fingerprint density at radius 2 is 2.00 bits per heavy atom. The first kappa shape index (κ1) is 9.34. The van der Waals surface area contributed by atoms with Gasteiger partial charge in [-0.3, -0.25) is 0 Å². The van der Waals surface area contributed by atoms with Gasteiger partial charge in [-0.2, -0.15) is 0 Å². The van der Waals surface area contributed by atoms with E-state index < -0.39 is 0 Å². The summed E-state index contributed by atoms with van der Waals surface area (Å²) in [6.07, 6.45) is 5.02. The molecule has 0 amide bonds. The van der Waals surface area contributed by atoms with E-state index in [2.05, 4.69) is 11.4 Å². The maximum absolute atomic E-state index is 13.1. The van der Waals surface area contributed by atoms with E-state index in [0.717, 1.165) is 6.04 Å². The predicted octanol–water partition coefficient (Wildman–Crippen LogP) is 2.82. The van der Waals surface area contributed by atoms with Crippen molar-refractivity contribution >= 4 is 0 Å². The van der Waals surface area contributed by atoms with E-state index in [-0.39, 0.29) is 5.82 Å². The van der Waals surface area contributed by atoms with Crippen molar-refractivity contribution in [2.75, 3.05) is 0 Å². The first-order chi connectivity index (χ1) is 7.33. The van der Waals surface area contributed by atoms with Gasteiger partial charge in [-0.15, -0.1) is 0 Å². The first-order valence-electron chi connectivity index (χ1n) is 5.84. The number of rotatable bonds is 1. The molecule has 0 aromatic heterocycles. The molecule has 80 valence electrons. The van der Waals surface area contributed by atoms with Crippen LogP contribution in [0.4, 0.5) is 4.39 Å². The van der Waals surface area contributed by atoms with E-state index in [0.29, 0.717) is 12.0 Å². The number of piperidine rings is 1. The van der Waals surface area contributed by atoms with E-state index in [1.807, 2.05) is 6.07 Å². The van der Waals surface area contributed by atoms with Gasteiger partial charge < -0.3 is 5.32 Å². The summed E-state index contributed by atoms with van der Waals surface area (Å²) in [4.78, 5) is 0. The average molecular weight is 205 g/mol. The molecule has 15 heavy (non-hydrogen) atoms. The second kappa shape index (κ2) is 3.60. The molecule has 1 aromatic carbocycles. The highest BCUT2D eigenvalue weighted by Crippen LogP contribution is 2.37. The maximum atomic E-state index is 13.1. The molecule has 2 aliphatic heterocycles. The SMILES string of the molecule is Fc1cccc(C2CCC3CCC2N3)c1. The molecule has 3 atom stereocenters. The van der Waals surface area contributed by atoms with Crippen molar-refractivity contribution in [3.63, 3.8) is 0 Å². The van der Waals surface area contributed by atoms with Crippen LogP contribution in [0.5, 0.6) is 0 Å². The number of hydrogen-bond donors (Lipinski definition) is 1. The summed E-state index contributed by atoms with van der Waals surface area (Å²) in [6.45, 7) is 0. The van der Waals surface area contributed by atoms with Gasteiger partial charge in [0.15, 0.2) is 0 Å². The molecule has 2 aliphatic rings. The van der Waals surface area contributed by atoms with Crippen LogP contribution in [-0.4, -0.2) is 12.1 Å². The Kier molecular flexibility index (Phi) is 2.24. The Bertz CT molecular complexity index is 363. The molecule has 2 heterocycles. The molecule has 1 nitrogen and oxygen atoms in total. The molecule has 0 saturated carbocycles. The summed E-state index contributed by atoms with van der Waals surface area (Å²) < 4.78 is 13.1. The zero-order valence-corrected chi connectivity index (χ0v) is 8.75. The fraction of sp³-hybridized carbons (Fsp3) is 0.538. The topological polar surface area (TPSA) is 12.0 Å². The van der Waals surface area contributed by atoms with Crippen LogP contribution in [0, 0.1) is 5.82 Å². The van der Waals surface area contributed by atoms with E-state index in [9.17, 15) is 4.39 Å². The second-order valence-corrected chi connectivity index (χ2v) is 4.79. The van der Waals surface area contributed by atoms with Crippen molar-refractivity contribution < 1.29 is 4.39 Å². The lowest BCUT2D eigenvalue weighted by molar-refractivity contribution is 0.358. The smallest absolute Gasteiger partial charge is 0.123 e. The van der Waals surface area contributed by atoms with Crippen LogP contribution in [-0.2, 0) is 0 Å². The molecule has 1 aromatic rings. The Labute approximate surface area is 89.7 Å². The minimum atomic E-state index is -0.104. The third-order valence-corrected chi connectivity index (χ3v) is 3.86. The van der Waals surface area contributed by atoms with Crippen LogP contribution < -0.4 is 5.32 Å². The first-order valence-corrected chi connectivity index (χ1v) is 5.84. The van der Waals surface area contributed by atoms with Crippen LogP contribution in [0.2, 0.25) is 0 Å². The molecule has 2 heteroatoms. The molecule has 3 unspecified atom stereocenters.